The molecule has 0 spiro atoms. The summed E-state index contributed by atoms with van der Waals surface area (Å²) in [5.41, 5.74) is 9.05. The second kappa shape index (κ2) is 29.1. The number of para-hydroxylation sites is 6. The minimum Gasteiger partial charge on any atom is -0.310 e. The number of nitrogens with zero attached hydrogens (tertiary/aromatic N) is 6. The van der Waals surface area contributed by atoms with Crippen LogP contribution >= 0.6 is 0 Å². The molecule has 0 amide bonds. The summed E-state index contributed by atoms with van der Waals surface area (Å²) in [5.74, 6) is 0. The molecule has 0 saturated carbocycles. The molecule has 17 aromatic carbocycles. The van der Waals surface area contributed by atoms with Crippen LogP contribution in [0.3, 0.4) is 0 Å². The van der Waals surface area contributed by atoms with Gasteiger partial charge in [-0.05, 0) is 203 Å². The van der Waals surface area contributed by atoms with Gasteiger partial charge in [-0.1, -0.05) is 358 Å². The molecule has 129 heavy (non-hydrogen) atoms. The van der Waals surface area contributed by atoms with Crippen LogP contribution in [0.1, 0.15) is 159 Å². The van der Waals surface area contributed by atoms with Crippen LogP contribution in [0.2, 0.25) is 0 Å². The lowest BCUT2D eigenvalue weighted by molar-refractivity contribution is 0.590. The molecule has 0 radical (unpaired) electrons. The third-order valence-corrected chi connectivity index (χ3v) is 26.5. The molecular formula is C122H105BN6. The van der Waals surface area contributed by atoms with Crippen molar-refractivity contribution < 1.29 is 27.4 Å². The van der Waals surface area contributed by atoms with Gasteiger partial charge >= 0.3 is 0 Å². The van der Waals surface area contributed by atoms with Crippen LogP contribution in [0.4, 0.5) is 34.1 Å². The zero-order valence-electron chi connectivity index (χ0n) is 94.9. The number of fused-ring (bicyclic) bond motifs is 16. The Morgan fingerprint density at radius 1 is 0.217 bits per heavy atom. The SMILES string of the molecule is [2H]c1c2c(c(-n3c4ccccc4c4ccccc43)c([2H])c1-n1c3c([2H])c([2H])c([2H])c([2H])c3c3c([2H])c([2H])c([2H])c([2H])c31)B1c3c(cc(C(C)(C)C)cc3N(c3c(-c4ccccc4)cc(C(C)(C)C)cc3-c3ccccc3)c3c([2H])c(-n4c5c([2H])c([2H])c([2H])c([2H])c5c5c([2H])c([2H])c([2H])c([2H])c54)c([2H])c(-n4c5cc(C(C)(C)C)ccc5c5ccc(C(C)(C)C)cc54)c31)N2c1c(-c2ccccc2)cc(C(C)(C)C)cc1-c1ccccc1. The molecular weight excluding hydrogens is 1560 g/mol. The second-order valence-corrected chi connectivity index (χ2v) is 39.7. The van der Waals surface area contributed by atoms with Crippen LogP contribution in [0.5, 0.6) is 0 Å². The highest BCUT2D eigenvalue weighted by Gasteiger charge is 2.50. The molecule has 23 rings (SSSR count). The number of anilines is 6. The van der Waals surface area contributed by atoms with E-state index in [0.717, 1.165) is 44.5 Å². The van der Waals surface area contributed by atoms with E-state index in [1.807, 2.05) is 126 Å². The van der Waals surface area contributed by atoms with Crippen LogP contribution in [-0.2, 0) is 27.1 Å². The fourth-order valence-electron chi connectivity index (χ4n) is 20.0. The first-order valence-electron chi connectivity index (χ1n) is 54.4. The van der Waals surface area contributed by atoms with E-state index in [-0.39, 0.29) is 88.7 Å². The molecule has 0 fully saturated rings. The Balaban J connectivity index is 1.10. The maximum atomic E-state index is 12.9. The monoisotopic (exact) mass is 1680 g/mol. The molecule has 0 N–H and O–H groups in total. The van der Waals surface area contributed by atoms with Crippen molar-refractivity contribution in [2.45, 2.75) is 131 Å². The van der Waals surface area contributed by atoms with Gasteiger partial charge in [0, 0.05) is 99.5 Å². The molecule has 0 saturated heterocycles. The van der Waals surface area contributed by atoms with Crippen molar-refractivity contribution in [3.8, 4) is 67.3 Å². The molecule has 2 aliphatic heterocycles. The standard InChI is InChI=1S/C122H105BN6/c1-118(2,3)80-60-62-93-94-63-61-81(119(4,5)6)69-106(94)127(105(93)68-80)110-73-86(125-101-56-36-30-50-89(101)90-51-31-37-57-102(90)125)75-112-115(110)123-113-107(70-84(122(13,14)15)71-108(113)129(112)117-97(78-44-24-18-25-45-78)66-83(121(10,11)12)67-98(117)79-46-26-19-27-47-79)128(116-95(76-40-20-16-21-41-76)64-82(120(7,8)9)65-96(116)77-42-22-17-23-43-77)111-74-85(124-99-54-34-28-48-87(99)88-49-29-35-55-100(88)124)72-109(114(111)123)126-103-58-38-32-52-91(103)92-53-33-39-59-104(92)126/h16-75H,1-15H3/i28D,29D,30D,31D,34D,35D,36D,37D,48D,49D,50D,51D,54D,55D,56D,57D,72D,73D,74D,75D. The van der Waals surface area contributed by atoms with Gasteiger partial charge in [-0.2, -0.15) is 0 Å². The lowest BCUT2D eigenvalue weighted by Gasteiger charge is -2.48. The Morgan fingerprint density at radius 3 is 0.798 bits per heavy atom. The number of hydrogen-bond acceptors (Lipinski definition) is 2. The minimum absolute atomic E-state index is 0.0236. The van der Waals surface area contributed by atoms with E-state index in [4.69, 9.17) is 0 Å². The van der Waals surface area contributed by atoms with Crippen molar-refractivity contribution in [2.24, 2.45) is 0 Å². The number of benzene rings is 17. The van der Waals surface area contributed by atoms with Crippen molar-refractivity contribution in [3.05, 3.63) is 391 Å². The summed E-state index contributed by atoms with van der Waals surface area (Å²) in [6.07, 6.45) is 0. The largest absolute Gasteiger partial charge is 0.310 e. The zero-order valence-corrected chi connectivity index (χ0v) is 74.9. The highest BCUT2D eigenvalue weighted by Crippen LogP contribution is 2.58. The van der Waals surface area contributed by atoms with Crippen molar-refractivity contribution >= 4 is 144 Å². The van der Waals surface area contributed by atoms with Crippen molar-refractivity contribution in [1.82, 2.24) is 18.3 Å². The van der Waals surface area contributed by atoms with E-state index in [9.17, 15) is 27.4 Å². The van der Waals surface area contributed by atoms with Crippen molar-refractivity contribution in [1.29, 1.82) is 0 Å². The topological polar surface area (TPSA) is 26.2 Å². The number of rotatable bonds is 10. The van der Waals surface area contributed by atoms with Gasteiger partial charge in [0.25, 0.3) is 6.71 Å². The molecule has 0 bridgehead atoms. The lowest BCUT2D eigenvalue weighted by atomic mass is 9.32. The normalized spacial score (nSPS) is 15.4. The van der Waals surface area contributed by atoms with E-state index < -0.39 is 155 Å². The fourth-order valence-corrected chi connectivity index (χ4v) is 20.0. The minimum atomic E-state index is -1.60. The molecule has 6 nitrogen and oxygen atoms in total. The quantitative estimate of drug-likeness (QED) is 0.128. The summed E-state index contributed by atoms with van der Waals surface area (Å²) in [6, 6.07) is 68.4. The van der Waals surface area contributed by atoms with Crippen LogP contribution in [0.25, 0.3) is 154 Å². The van der Waals surface area contributed by atoms with Gasteiger partial charge in [0.15, 0.2) is 0 Å². The van der Waals surface area contributed by atoms with E-state index in [1.54, 1.807) is 0 Å². The average Bonchev–Trinajstić information content (AvgIpc) is 1.65. The van der Waals surface area contributed by atoms with Gasteiger partial charge in [0.2, 0.25) is 0 Å². The predicted molar refractivity (Wildman–Crippen MR) is 553 cm³/mol. The third-order valence-electron chi connectivity index (χ3n) is 26.5. The molecule has 2 aliphatic rings. The van der Waals surface area contributed by atoms with E-state index in [0.29, 0.717) is 99.6 Å². The molecule has 6 heterocycles. The van der Waals surface area contributed by atoms with Crippen molar-refractivity contribution in [2.75, 3.05) is 9.80 Å². The Kier molecular flexibility index (Phi) is 13.6. The average molecular weight is 1690 g/mol. The summed E-state index contributed by atoms with van der Waals surface area (Å²) in [4.78, 5) is 4.29. The van der Waals surface area contributed by atoms with Gasteiger partial charge in [0.05, 0.1) is 94.3 Å². The first-order valence-corrected chi connectivity index (χ1v) is 44.4. The van der Waals surface area contributed by atoms with Crippen LogP contribution in [0.15, 0.2) is 364 Å². The van der Waals surface area contributed by atoms with Gasteiger partial charge in [-0.25, -0.2) is 0 Å². The lowest BCUT2D eigenvalue weighted by Crippen LogP contribution is -2.63. The smallest absolute Gasteiger partial charge is 0.257 e. The summed E-state index contributed by atoms with van der Waals surface area (Å²) in [7, 11) is 0. The Hall–Kier alpha value is -14.4. The molecule has 0 aliphatic carbocycles. The zero-order chi connectivity index (χ0) is 106. The molecule has 21 aromatic rings. The Bertz CT molecular complexity index is 9070. The highest BCUT2D eigenvalue weighted by atomic mass is 15.2. The Labute approximate surface area is 785 Å². The first-order chi connectivity index (χ1) is 70.6. The molecule has 0 unspecified atom stereocenters. The van der Waals surface area contributed by atoms with E-state index in [1.165, 1.54) is 9.13 Å². The maximum absolute atomic E-state index is 12.9. The van der Waals surface area contributed by atoms with Crippen LogP contribution < -0.4 is 26.2 Å². The van der Waals surface area contributed by atoms with E-state index >= 15 is 0 Å². The summed E-state index contributed by atoms with van der Waals surface area (Å²) >= 11 is 0. The summed E-state index contributed by atoms with van der Waals surface area (Å²) in [5, 5.41) is 1.62. The van der Waals surface area contributed by atoms with Crippen LogP contribution in [-0.4, -0.2) is 25.0 Å². The van der Waals surface area contributed by atoms with E-state index in [2.05, 4.69) is 240 Å². The summed E-state index contributed by atoms with van der Waals surface area (Å²) < 4.78 is 219. The molecule has 626 valence electrons. The fraction of sp³-hybridized carbons (Fsp3) is 0.164. The molecule has 0 atom stereocenters. The maximum Gasteiger partial charge on any atom is 0.257 e. The highest BCUT2D eigenvalue weighted by molar-refractivity contribution is 7.01. The predicted octanol–water partition coefficient (Wildman–Crippen LogP) is 31.3. The number of aromatic nitrogens is 4. The van der Waals surface area contributed by atoms with Gasteiger partial charge < -0.3 is 28.1 Å². The van der Waals surface area contributed by atoms with Gasteiger partial charge in [-0.15, -0.1) is 0 Å². The summed E-state index contributed by atoms with van der Waals surface area (Å²) in [6.45, 7) is 30.4. The Morgan fingerprint density at radius 2 is 0.481 bits per heavy atom. The van der Waals surface area contributed by atoms with Crippen molar-refractivity contribution in [3.63, 3.8) is 0 Å². The van der Waals surface area contributed by atoms with Crippen LogP contribution in [0, 0.1) is 0 Å². The number of hydrogen-bond donors (Lipinski definition) is 0. The second-order valence-electron chi connectivity index (χ2n) is 39.7. The first kappa shape index (κ1) is 60.3. The van der Waals surface area contributed by atoms with Gasteiger partial charge in [-0.3, -0.25) is 0 Å². The van der Waals surface area contributed by atoms with Gasteiger partial charge in [0.1, 0.15) is 0 Å². The molecule has 4 aromatic heterocycles. The molecule has 7 heteroatoms. The third kappa shape index (κ3) is 12.6.